The first-order valence-electron chi connectivity index (χ1n) is 8.93. The number of thiazole rings is 1. The number of nitrogens with one attached hydrogen (secondary N) is 2. The molecule has 0 aliphatic rings. The van der Waals surface area contributed by atoms with Crippen LogP contribution in [0.2, 0.25) is 0 Å². The quantitative estimate of drug-likeness (QED) is 0.536. The van der Waals surface area contributed by atoms with Crippen LogP contribution in [0.25, 0.3) is 11.3 Å². The van der Waals surface area contributed by atoms with Crippen molar-refractivity contribution in [2.24, 2.45) is 0 Å². The van der Waals surface area contributed by atoms with Gasteiger partial charge in [-0.3, -0.25) is 4.79 Å². The highest BCUT2D eigenvalue weighted by Crippen LogP contribution is 2.26. The second-order valence-corrected chi connectivity index (χ2v) is 8.91. The van der Waals surface area contributed by atoms with Crippen molar-refractivity contribution in [2.75, 3.05) is 6.54 Å². The maximum absolute atomic E-state index is 12.8. The monoisotopic (exact) mass is 427 g/mol. The number of rotatable bonds is 8. The zero-order valence-corrected chi connectivity index (χ0v) is 17.5. The number of hydrogen-bond donors (Lipinski definition) is 2. The molecule has 0 radical (unpaired) electrons. The van der Waals surface area contributed by atoms with Crippen LogP contribution in [0.15, 0.2) is 77.5 Å². The molecular formula is C21H21N3O3S2. The van der Waals surface area contributed by atoms with Crippen molar-refractivity contribution >= 4 is 27.3 Å². The molecule has 0 bridgehead atoms. The van der Waals surface area contributed by atoms with E-state index < -0.39 is 16.1 Å². The van der Waals surface area contributed by atoms with Crippen molar-refractivity contribution < 1.29 is 13.2 Å². The Morgan fingerprint density at radius 3 is 2.69 bits per heavy atom. The molecule has 6 nitrogen and oxygen atoms in total. The summed E-state index contributed by atoms with van der Waals surface area (Å²) >= 11 is 1.39. The fourth-order valence-corrected chi connectivity index (χ4v) is 4.81. The Hall–Kier alpha value is -2.81. The standard InChI is InChI=1S/C21H21N3O3S2/c1-3-12-22-20(25)17-10-7-11-18(13-17)29(26,27)24-15(2)21-23-19(14-28-21)16-8-5-4-6-9-16/h3-11,13-15,24H,1,12H2,2H3,(H,22,25). The van der Waals surface area contributed by atoms with Gasteiger partial charge >= 0.3 is 0 Å². The summed E-state index contributed by atoms with van der Waals surface area (Å²) < 4.78 is 28.2. The fraction of sp³-hybridized carbons (Fsp3) is 0.143. The van der Waals surface area contributed by atoms with Crippen LogP contribution in [-0.2, 0) is 10.0 Å². The number of hydrogen-bond acceptors (Lipinski definition) is 5. The van der Waals surface area contributed by atoms with Crippen LogP contribution in [0.4, 0.5) is 0 Å². The first kappa shape index (κ1) is 20.9. The summed E-state index contributed by atoms with van der Waals surface area (Å²) in [6, 6.07) is 15.1. The number of nitrogens with zero attached hydrogens (tertiary/aromatic N) is 1. The molecule has 1 amide bonds. The molecule has 0 aliphatic carbocycles. The second kappa shape index (κ2) is 9.13. The fourth-order valence-electron chi connectivity index (χ4n) is 2.65. The molecule has 1 aromatic heterocycles. The van der Waals surface area contributed by atoms with E-state index >= 15 is 0 Å². The lowest BCUT2D eigenvalue weighted by atomic mass is 10.2. The molecule has 3 aromatic rings. The average molecular weight is 428 g/mol. The Morgan fingerprint density at radius 1 is 1.21 bits per heavy atom. The molecule has 2 aromatic carbocycles. The van der Waals surface area contributed by atoms with Crippen LogP contribution in [0.5, 0.6) is 0 Å². The highest BCUT2D eigenvalue weighted by atomic mass is 32.2. The molecule has 3 rings (SSSR count). The van der Waals surface area contributed by atoms with Gasteiger partial charge in [-0.1, -0.05) is 42.5 Å². The molecule has 150 valence electrons. The predicted octanol–water partition coefficient (Wildman–Crippen LogP) is 3.77. The number of sulfonamides is 1. The smallest absolute Gasteiger partial charge is 0.251 e. The minimum atomic E-state index is -3.82. The van der Waals surface area contributed by atoms with Gasteiger partial charge in [0.05, 0.1) is 16.6 Å². The van der Waals surface area contributed by atoms with E-state index in [0.717, 1.165) is 11.3 Å². The van der Waals surface area contributed by atoms with E-state index in [1.807, 2.05) is 35.7 Å². The van der Waals surface area contributed by atoms with E-state index in [9.17, 15) is 13.2 Å². The summed E-state index contributed by atoms with van der Waals surface area (Å²) in [5, 5.41) is 5.19. The molecule has 29 heavy (non-hydrogen) atoms. The van der Waals surface area contributed by atoms with Crippen LogP contribution in [-0.4, -0.2) is 25.9 Å². The van der Waals surface area contributed by atoms with Gasteiger partial charge in [0.15, 0.2) is 0 Å². The summed E-state index contributed by atoms with van der Waals surface area (Å²) in [7, 11) is -3.82. The zero-order valence-electron chi connectivity index (χ0n) is 15.8. The number of carbonyl (C=O) groups is 1. The summed E-state index contributed by atoms with van der Waals surface area (Å²) in [6.45, 7) is 5.59. The van der Waals surface area contributed by atoms with Gasteiger partial charge in [0, 0.05) is 23.1 Å². The second-order valence-electron chi connectivity index (χ2n) is 6.31. The van der Waals surface area contributed by atoms with E-state index in [1.165, 1.54) is 23.5 Å². The molecule has 1 unspecified atom stereocenters. The Kier molecular flexibility index (Phi) is 6.58. The van der Waals surface area contributed by atoms with Crippen molar-refractivity contribution in [3.05, 3.63) is 83.2 Å². The summed E-state index contributed by atoms with van der Waals surface area (Å²) in [4.78, 5) is 16.7. The van der Waals surface area contributed by atoms with E-state index in [0.29, 0.717) is 11.6 Å². The van der Waals surface area contributed by atoms with Crippen LogP contribution in [0.1, 0.15) is 28.3 Å². The molecule has 0 saturated heterocycles. The first-order valence-corrected chi connectivity index (χ1v) is 11.3. The number of benzene rings is 2. The average Bonchev–Trinajstić information content (AvgIpc) is 3.23. The largest absolute Gasteiger partial charge is 0.349 e. The third-order valence-electron chi connectivity index (χ3n) is 4.11. The molecule has 1 heterocycles. The minimum absolute atomic E-state index is 0.0236. The molecule has 0 fully saturated rings. The summed E-state index contributed by atoms with van der Waals surface area (Å²) in [5.74, 6) is -0.359. The maximum Gasteiger partial charge on any atom is 0.251 e. The van der Waals surface area contributed by atoms with Gasteiger partial charge in [-0.25, -0.2) is 18.1 Å². The molecule has 2 N–H and O–H groups in total. The lowest BCUT2D eigenvalue weighted by Gasteiger charge is -2.13. The molecule has 8 heteroatoms. The first-order chi connectivity index (χ1) is 13.9. The van der Waals surface area contributed by atoms with Crippen molar-refractivity contribution in [3.8, 4) is 11.3 Å². The van der Waals surface area contributed by atoms with Crippen LogP contribution in [0.3, 0.4) is 0 Å². The molecule has 1 atom stereocenters. The SMILES string of the molecule is C=CCNC(=O)c1cccc(S(=O)(=O)NC(C)c2nc(-c3ccccc3)cs2)c1. The highest BCUT2D eigenvalue weighted by molar-refractivity contribution is 7.89. The highest BCUT2D eigenvalue weighted by Gasteiger charge is 2.21. The lowest BCUT2D eigenvalue weighted by Crippen LogP contribution is -2.28. The predicted molar refractivity (Wildman–Crippen MR) is 115 cm³/mol. The van der Waals surface area contributed by atoms with Crippen molar-refractivity contribution in [2.45, 2.75) is 17.9 Å². The summed E-state index contributed by atoms with van der Waals surface area (Å²) in [6.07, 6.45) is 1.56. The van der Waals surface area contributed by atoms with Gasteiger partial charge < -0.3 is 5.32 Å². The van der Waals surface area contributed by atoms with Crippen LogP contribution >= 0.6 is 11.3 Å². The topological polar surface area (TPSA) is 88.2 Å². The van der Waals surface area contributed by atoms with Gasteiger partial charge in [-0.15, -0.1) is 17.9 Å². The van der Waals surface area contributed by atoms with Gasteiger partial charge in [0.1, 0.15) is 5.01 Å². The van der Waals surface area contributed by atoms with Gasteiger partial charge in [0.25, 0.3) is 5.91 Å². The van der Waals surface area contributed by atoms with Gasteiger partial charge in [0.2, 0.25) is 10.0 Å². The number of aromatic nitrogens is 1. The summed E-state index contributed by atoms with van der Waals surface area (Å²) in [5.41, 5.74) is 2.05. The van der Waals surface area contributed by atoms with Crippen molar-refractivity contribution in [3.63, 3.8) is 0 Å². The Labute approximate surface area is 174 Å². The Bertz CT molecular complexity index is 1110. The minimum Gasteiger partial charge on any atom is -0.349 e. The maximum atomic E-state index is 12.8. The van der Waals surface area contributed by atoms with Gasteiger partial charge in [-0.05, 0) is 25.1 Å². The normalized spacial score (nSPS) is 12.3. The molecule has 0 aliphatic heterocycles. The molecule has 0 saturated carbocycles. The lowest BCUT2D eigenvalue weighted by molar-refractivity contribution is 0.0958. The van der Waals surface area contributed by atoms with E-state index in [2.05, 4.69) is 21.6 Å². The van der Waals surface area contributed by atoms with E-state index in [1.54, 1.807) is 25.1 Å². The third kappa shape index (κ3) is 5.17. The molecular weight excluding hydrogens is 406 g/mol. The van der Waals surface area contributed by atoms with Gasteiger partial charge in [-0.2, -0.15) is 0 Å². The third-order valence-corrected chi connectivity index (χ3v) is 6.67. The van der Waals surface area contributed by atoms with E-state index in [4.69, 9.17) is 0 Å². The number of carbonyl (C=O) groups excluding carboxylic acids is 1. The van der Waals surface area contributed by atoms with Crippen molar-refractivity contribution in [1.82, 2.24) is 15.0 Å². The molecule has 0 spiro atoms. The van der Waals surface area contributed by atoms with Crippen molar-refractivity contribution in [1.29, 1.82) is 0 Å². The Balaban J connectivity index is 1.76. The Morgan fingerprint density at radius 2 is 1.97 bits per heavy atom. The van der Waals surface area contributed by atoms with Crippen LogP contribution < -0.4 is 10.0 Å². The zero-order chi connectivity index (χ0) is 20.9. The number of amides is 1. The van der Waals surface area contributed by atoms with E-state index in [-0.39, 0.29) is 16.4 Å². The van der Waals surface area contributed by atoms with Crippen LogP contribution in [0, 0.1) is 0 Å².